The van der Waals surface area contributed by atoms with Crippen LogP contribution < -0.4 is 9.47 Å². The van der Waals surface area contributed by atoms with Gasteiger partial charge in [-0.05, 0) is 74.1 Å². The first-order valence-corrected chi connectivity index (χ1v) is 11.9. The molecule has 4 rings (SSSR count). The first-order chi connectivity index (χ1) is 16.0. The van der Waals surface area contributed by atoms with Gasteiger partial charge in [-0.3, -0.25) is 0 Å². The van der Waals surface area contributed by atoms with E-state index in [0.717, 1.165) is 47.7 Å². The second-order valence-electron chi connectivity index (χ2n) is 9.02. The molecule has 0 unspecified atom stereocenters. The van der Waals surface area contributed by atoms with Crippen LogP contribution in [0.3, 0.4) is 0 Å². The molecule has 0 amide bonds. The predicted octanol–water partition coefficient (Wildman–Crippen LogP) is 7.21. The van der Waals surface area contributed by atoms with Crippen LogP contribution in [0.1, 0.15) is 55.1 Å². The van der Waals surface area contributed by atoms with Crippen molar-refractivity contribution < 1.29 is 9.47 Å². The number of nitrogens with zero attached hydrogens (tertiary/aromatic N) is 2. The van der Waals surface area contributed by atoms with Crippen molar-refractivity contribution in [1.29, 1.82) is 0 Å². The highest BCUT2D eigenvalue weighted by Gasteiger charge is 2.12. The lowest BCUT2D eigenvalue weighted by atomic mass is 10.0. The molecule has 33 heavy (non-hydrogen) atoms. The monoisotopic (exact) mass is 442 g/mol. The van der Waals surface area contributed by atoms with Gasteiger partial charge < -0.3 is 14.0 Å². The summed E-state index contributed by atoms with van der Waals surface area (Å²) in [7, 11) is 0. The lowest BCUT2D eigenvalue weighted by molar-refractivity contribution is 0.284. The van der Waals surface area contributed by atoms with Crippen LogP contribution in [0.5, 0.6) is 11.5 Å². The molecule has 0 aliphatic rings. The second kappa shape index (κ2) is 10.6. The maximum atomic E-state index is 6.18. The van der Waals surface area contributed by atoms with Crippen LogP contribution in [0.2, 0.25) is 0 Å². The molecule has 0 bridgehead atoms. The van der Waals surface area contributed by atoms with E-state index in [1.54, 1.807) is 0 Å². The van der Waals surface area contributed by atoms with Gasteiger partial charge in [0.25, 0.3) is 0 Å². The number of rotatable bonds is 10. The first kappa shape index (κ1) is 22.9. The van der Waals surface area contributed by atoms with Crippen molar-refractivity contribution in [1.82, 2.24) is 9.55 Å². The number of ether oxygens (including phenoxy) is 2. The Morgan fingerprint density at radius 2 is 1.61 bits per heavy atom. The molecule has 0 aliphatic heterocycles. The van der Waals surface area contributed by atoms with Gasteiger partial charge in [-0.15, -0.1) is 0 Å². The van der Waals surface area contributed by atoms with Gasteiger partial charge in [0, 0.05) is 6.54 Å². The molecule has 0 radical (unpaired) electrons. The van der Waals surface area contributed by atoms with Gasteiger partial charge in [-0.25, -0.2) is 4.98 Å². The van der Waals surface area contributed by atoms with Gasteiger partial charge in [-0.1, -0.05) is 55.8 Å². The van der Waals surface area contributed by atoms with Crippen molar-refractivity contribution in [3.05, 3.63) is 89.2 Å². The van der Waals surface area contributed by atoms with Gasteiger partial charge in [0.15, 0.2) is 0 Å². The standard InChI is InChI=1S/C29H34N2O2/c1-21(2)25-16-13-23(4)19-28(25)32-18-8-7-17-31-27-10-6-5-9-26(27)30-29(31)20-33-24-14-11-22(3)12-15-24/h5-6,9-16,19,21H,7-8,17-18,20H2,1-4H3. The average molecular weight is 443 g/mol. The van der Waals surface area contributed by atoms with E-state index >= 15 is 0 Å². The molecule has 3 aromatic carbocycles. The molecule has 4 aromatic rings. The molecule has 172 valence electrons. The Labute approximate surface area is 197 Å². The van der Waals surface area contributed by atoms with E-state index in [4.69, 9.17) is 14.5 Å². The molecule has 4 heteroatoms. The summed E-state index contributed by atoms with van der Waals surface area (Å²) in [6.45, 7) is 10.7. The van der Waals surface area contributed by atoms with Crippen molar-refractivity contribution in [3.63, 3.8) is 0 Å². The smallest absolute Gasteiger partial charge is 0.147 e. The number of para-hydroxylation sites is 2. The topological polar surface area (TPSA) is 36.3 Å². The number of hydrogen-bond donors (Lipinski definition) is 0. The molecular formula is C29H34N2O2. The highest BCUT2D eigenvalue weighted by Crippen LogP contribution is 2.28. The summed E-state index contributed by atoms with van der Waals surface area (Å²) in [5.74, 6) is 3.30. The zero-order valence-corrected chi connectivity index (χ0v) is 20.2. The Morgan fingerprint density at radius 1 is 0.848 bits per heavy atom. The molecule has 0 aliphatic carbocycles. The number of aromatic nitrogens is 2. The third kappa shape index (κ3) is 5.75. The maximum Gasteiger partial charge on any atom is 0.147 e. The fraction of sp³-hybridized carbons (Fsp3) is 0.345. The van der Waals surface area contributed by atoms with Crippen LogP contribution >= 0.6 is 0 Å². The molecule has 1 heterocycles. The van der Waals surface area contributed by atoms with Gasteiger partial charge in [0.2, 0.25) is 0 Å². The lowest BCUT2D eigenvalue weighted by Gasteiger charge is -2.15. The highest BCUT2D eigenvalue weighted by molar-refractivity contribution is 5.75. The van der Waals surface area contributed by atoms with Crippen molar-refractivity contribution >= 4 is 11.0 Å². The fourth-order valence-electron chi connectivity index (χ4n) is 4.07. The molecule has 0 atom stereocenters. The van der Waals surface area contributed by atoms with Gasteiger partial charge in [0.1, 0.15) is 23.9 Å². The normalized spacial score (nSPS) is 11.3. The highest BCUT2D eigenvalue weighted by atomic mass is 16.5. The number of hydrogen-bond acceptors (Lipinski definition) is 3. The summed E-state index contributed by atoms with van der Waals surface area (Å²) >= 11 is 0. The Morgan fingerprint density at radius 3 is 2.39 bits per heavy atom. The van der Waals surface area contributed by atoms with E-state index < -0.39 is 0 Å². The molecule has 4 nitrogen and oxygen atoms in total. The van der Waals surface area contributed by atoms with E-state index in [2.05, 4.69) is 80.8 Å². The molecule has 1 aromatic heterocycles. The number of unbranched alkanes of at least 4 members (excludes halogenated alkanes) is 1. The largest absolute Gasteiger partial charge is 0.493 e. The fourth-order valence-corrected chi connectivity index (χ4v) is 4.07. The summed E-state index contributed by atoms with van der Waals surface area (Å²) in [5.41, 5.74) is 5.90. The van der Waals surface area contributed by atoms with Crippen LogP contribution in [-0.4, -0.2) is 16.2 Å². The van der Waals surface area contributed by atoms with Crippen molar-refractivity contribution in [2.24, 2.45) is 0 Å². The van der Waals surface area contributed by atoms with E-state index in [-0.39, 0.29) is 0 Å². The summed E-state index contributed by atoms with van der Waals surface area (Å²) in [4.78, 5) is 4.84. The summed E-state index contributed by atoms with van der Waals surface area (Å²) in [6, 6.07) is 23.0. The Kier molecular flexibility index (Phi) is 7.33. The summed E-state index contributed by atoms with van der Waals surface area (Å²) in [5, 5.41) is 0. The molecule has 0 saturated carbocycles. The lowest BCUT2D eigenvalue weighted by Crippen LogP contribution is -2.09. The van der Waals surface area contributed by atoms with E-state index in [9.17, 15) is 0 Å². The number of aryl methyl sites for hydroxylation is 3. The Balaban J connectivity index is 1.38. The van der Waals surface area contributed by atoms with Crippen LogP contribution in [-0.2, 0) is 13.2 Å². The maximum absolute atomic E-state index is 6.18. The van der Waals surface area contributed by atoms with E-state index in [1.165, 1.54) is 16.7 Å². The van der Waals surface area contributed by atoms with Crippen molar-refractivity contribution in [3.8, 4) is 11.5 Å². The minimum absolute atomic E-state index is 0.453. The minimum atomic E-state index is 0.453. The predicted molar refractivity (Wildman–Crippen MR) is 135 cm³/mol. The van der Waals surface area contributed by atoms with Crippen LogP contribution in [0.25, 0.3) is 11.0 Å². The Hall–Kier alpha value is -3.27. The zero-order chi connectivity index (χ0) is 23.2. The van der Waals surface area contributed by atoms with Crippen molar-refractivity contribution in [2.45, 2.75) is 59.6 Å². The Bertz CT molecular complexity index is 1190. The molecule has 0 saturated heterocycles. The quantitative estimate of drug-likeness (QED) is 0.243. The third-order valence-electron chi connectivity index (χ3n) is 5.95. The third-order valence-corrected chi connectivity index (χ3v) is 5.95. The van der Waals surface area contributed by atoms with Gasteiger partial charge in [-0.2, -0.15) is 0 Å². The number of imidazole rings is 1. The first-order valence-electron chi connectivity index (χ1n) is 11.9. The van der Waals surface area contributed by atoms with Crippen molar-refractivity contribution in [2.75, 3.05) is 6.61 Å². The summed E-state index contributed by atoms with van der Waals surface area (Å²) < 4.78 is 14.5. The molecule has 0 fully saturated rings. The van der Waals surface area contributed by atoms with E-state index in [1.807, 2.05) is 18.2 Å². The van der Waals surface area contributed by atoms with Crippen LogP contribution in [0.15, 0.2) is 66.7 Å². The second-order valence-corrected chi connectivity index (χ2v) is 9.02. The molecular weight excluding hydrogens is 408 g/mol. The van der Waals surface area contributed by atoms with Crippen LogP contribution in [0, 0.1) is 13.8 Å². The average Bonchev–Trinajstić information content (AvgIpc) is 3.16. The van der Waals surface area contributed by atoms with Gasteiger partial charge in [0.05, 0.1) is 17.6 Å². The van der Waals surface area contributed by atoms with E-state index in [0.29, 0.717) is 19.1 Å². The summed E-state index contributed by atoms with van der Waals surface area (Å²) in [6.07, 6.45) is 2.00. The number of fused-ring (bicyclic) bond motifs is 1. The van der Waals surface area contributed by atoms with Gasteiger partial charge >= 0.3 is 0 Å². The van der Waals surface area contributed by atoms with Crippen LogP contribution in [0.4, 0.5) is 0 Å². The zero-order valence-electron chi connectivity index (χ0n) is 20.2. The SMILES string of the molecule is Cc1ccc(OCc2nc3ccccc3n2CCCCOc2cc(C)ccc2C(C)C)cc1. The minimum Gasteiger partial charge on any atom is -0.493 e. The molecule has 0 spiro atoms. The number of benzene rings is 3. The molecule has 0 N–H and O–H groups in total.